The average Bonchev–Trinajstić information content (AvgIpc) is 2.71. The molecule has 0 aliphatic carbocycles. The summed E-state index contributed by atoms with van der Waals surface area (Å²) < 4.78 is 0. The highest BCUT2D eigenvalue weighted by Crippen LogP contribution is 2.21. The molecular formula is C13H13NO2. The molecule has 0 amide bonds. The van der Waals surface area contributed by atoms with E-state index in [1.807, 2.05) is 25.1 Å². The maximum absolute atomic E-state index is 10.7. The highest BCUT2D eigenvalue weighted by Gasteiger charge is 2.07. The third-order valence-corrected chi connectivity index (χ3v) is 2.73. The Labute approximate surface area is 93.7 Å². The number of hydrogen-bond acceptors (Lipinski definition) is 1. The average molecular weight is 215 g/mol. The highest BCUT2D eigenvalue weighted by atomic mass is 16.4. The molecule has 3 heteroatoms. The molecule has 0 bridgehead atoms. The van der Waals surface area contributed by atoms with Crippen molar-refractivity contribution >= 4 is 5.97 Å². The van der Waals surface area contributed by atoms with Crippen molar-refractivity contribution in [2.45, 2.75) is 13.8 Å². The molecule has 0 fully saturated rings. The summed E-state index contributed by atoms with van der Waals surface area (Å²) >= 11 is 0. The minimum Gasteiger partial charge on any atom is -0.477 e. The van der Waals surface area contributed by atoms with Crippen LogP contribution < -0.4 is 0 Å². The Balaban J connectivity index is 2.42. The van der Waals surface area contributed by atoms with E-state index >= 15 is 0 Å². The van der Waals surface area contributed by atoms with Gasteiger partial charge in [0.15, 0.2) is 0 Å². The van der Waals surface area contributed by atoms with E-state index < -0.39 is 5.97 Å². The quantitative estimate of drug-likeness (QED) is 0.809. The van der Waals surface area contributed by atoms with Gasteiger partial charge in [0.1, 0.15) is 5.69 Å². The van der Waals surface area contributed by atoms with Gasteiger partial charge in [0.25, 0.3) is 0 Å². The van der Waals surface area contributed by atoms with Gasteiger partial charge < -0.3 is 10.1 Å². The van der Waals surface area contributed by atoms with E-state index in [9.17, 15) is 4.79 Å². The van der Waals surface area contributed by atoms with Gasteiger partial charge in [0.2, 0.25) is 0 Å². The highest BCUT2D eigenvalue weighted by molar-refractivity contribution is 5.86. The summed E-state index contributed by atoms with van der Waals surface area (Å²) in [4.78, 5) is 13.6. The molecule has 0 unspecified atom stereocenters. The van der Waals surface area contributed by atoms with E-state index in [4.69, 9.17) is 5.11 Å². The number of H-pyrrole nitrogens is 1. The fraction of sp³-hybridized carbons (Fsp3) is 0.154. The Morgan fingerprint density at radius 3 is 2.44 bits per heavy atom. The van der Waals surface area contributed by atoms with Crippen molar-refractivity contribution in [3.8, 4) is 11.3 Å². The topological polar surface area (TPSA) is 53.1 Å². The molecule has 16 heavy (non-hydrogen) atoms. The molecule has 0 saturated carbocycles. The lowest BCUT2D eigenvalue weighted by Crippen LogP contribution is -1.95. The lowest BCUT2D eigenvalue weighted by Gasteiger charge is -2.03. The number of nitrogens with one attached hydrogen (secondary N) is 1. The minimum atomic E-state index is -0.935. The predicted molar refractivity (Wildman–Crippen MR) is 62.7 cm³/mol. The molecule has 2 N–H and O–H groups in total. The fourth-order valence-corrected chi connectivity index (χ4v) is 1.60. The number of aromatic nitrogens is 1. The Hall–Kier alpha value is -2.03. The van der Waals surface area contributed by atoms with E-state index in [-0.39, 0.29) is 5.69 Å². The first kappa shape index (κ1) is 10.5. The molecule has 1 heterocycles. The molecule has 0 aliphatic heterocycles. The molecule has 1 aromatic heterocycles. The van der Waals surface area contributed by atoms with Gasteiger partial charge in [-0.1, -0.05) is 12.1 Å². The fourth-order valence-electron chi connectivity index (χ4n) is 1.60. The monoisotopic (exact) mass is 215 g/mol. The molecule has 0 aliphatic rings. The number of rotatable bonds is 2. The zero-order valence-corrected chi connectivity index (χ0v) is 9.24. The van der Waals surface area contributed by atoms with Crippen LogP contribution in [-0.2, 0) is 0 Å². The first-order valence-corrected chi connectivity index (χ1v) is 5.08. The maximum atomic E-state index is 10.7. The normalized spacial score (nSPS) is 10.4. The van der Waals surface area contributed by atoms with Crippen LogP contribution in [0.5, 0.6) is 0 Å². The lowest BCUT2D eigenvalue weighted by molar-refractivity contribution is 0.0691. The lowest BCUT2D eigenvalue weighted by atomic mass is 10.0. The first-order chi connectivity index (χ1) is 7.58. The van der Waals surface area contributed by atoms with Crippen LogP contribution in [0.15, 0.2) is 30.3 Å². The number of aromatic carboxylic acids is 1. The van der Waals surface area contributed by atoms with Gasteiger partial charge in [-0.05, 0) is 48.7 Å². The van der Waals surface area contributed by atoms with E-state index in [1.165, 1.54) is 11.1 Å². The molecule has 0 atom stereocenters. The minimum absolute atomic E-state index is 0.216. The van der Waals surface area contributed by atoms with Crippen LogP contribution >= 0.6 is 0 Å². The number of carboxylic acid groups (broad SMARTS) is 1. The van der Waals surface area contributed by atoms with Crippen molar-refractivity contribution in [2.24, 2.45) is 0 Å². The number of hydrogen-bond donors (Lipinski definition) is 2. The van der Waals surface area contributed by atoms with Gasteiger partial charge in [-0.25, -0.2) is 4.79 Å². The summed E-state index contributed by atoms with van der Waals surface area (Å²) in [6.45, 7) is 4.09. The predicted octanol–water partition coefficient (Wildman–Crippen LogP) is 3.00. The summed E-state index contributed by atoms with van der Waals surface area (Å²) in [6, 6.07) is 9.43. The van der Waals surface area contributed by atoms with Crippen molar-refractivity contribution < 1.29 is 9.90 Å². The summed E-state index contributed by atoms with van der Waals surface area (Å²) in [7, 11) is 0. The first-order valence-electron chi connectivity index (χ1n) is 5.08. The van der Waals surface area contributed by atoms with Gasteiger partial charge in [-0.3, -0.25) is 0 Å². The van der Waals surface area contributed by atoms with Crippen molar-refractivity contribution in [1.29, 1.82) is 0 Å². The van der Waals surface area contributed by atoms with E-state index in [0.29, 0.717) is 0 Å². The zero-order valence-electron chi connectivity index (χ0n) is 9.24. The second-order valence-electron chi connectivity index (χ2n) is 3.89. The molecule has 0 spiro atoms. The van der Waals surface area contributed by atoms with Crippen LogP contribution in [0, 0.1) is 13.8 Å². The number of carboxylic acids is 1. The zero-order chi connectivity index (χ0) is 11.7. The van der Waals surface area contributed by atoms with E-state index in [1.54, 1.807) is 12.1 Å². The van der Waals surface area contributed by atoms with Crippen molar-refractivity contribution in [2.75, 3.05) is 0 Å². The Morgan fingerprint density at radius 1 is 1.12 bits per heavy atom. The number of aromatic amines is 1. The molecular weight excluding hydrogens is 202 g/mol. The molecule has 2 aromatic rings. The number of benzene rings is 1. The summed E-state index contributed by atoms with van der Waals surface area (Å²) in [6.07, 6.45) is 0. The Kier molecular flexibility index (Phi) is 2.52. The largest absolute Gasteiger partial charge is 0.477 e. The Bertz CT molecular complexity index is 541. The second kappa shape index (κ2) is 3.85. The van der Waals surface area contributed by atoms with Crippen LogP contribution in [-0.4, -0.2) is 16.1 Å². The number of carbonyl (C=O) groups is 1. The van der Waals surface area contributed by atoms with Gasteiger partial charge in [-0.2, -0.15) is 0 Å². The van der Waals surface area contributed by atoms with Crippen molar-refractivity contribution in [3.05, 3.63) is 47.2 Å². The van der Waals surface area contributed by atoms with Gasteiger partial charge in [0, 0.05) is 5.69 Å². The van der Waals surface area contributed by atoms with Crippen LogP contribution in [0.25, 0.3) is 11.3 Å². The van der Waals surface area contributed by atoms with Gasteiger partial charge in [-0.15, -0.1) is 0 Å². The van der Waals surface area contributed by atoms with Crippen molar-refractivity contribution in [3.63, 3.8) is 0 Å². The molecule has 1 aromatic carbocycles. The van der Waals surface area contributed by atoms with Gasteiger partial charge in [0.05, 0.1) is 0 Å². The third kappa shape index (κ3) is 1.84. The Morgan fingerprint density at radius 2 is 1.88 bits per heavy atom. The number of aryl methyl sites for hydroxylation is 2. The molecule has 82 valence electrons. The van der Waals surface area contributed by atoms with Gasteiger partial charge >= 0.3 is 5.97 Å². The van der Waals surface area contributed by atoms with Crippen LogP contribution in [0.4, 0.5) is 0 Å². The molecule has 0 saturated heterocycles. The van der Waals surface area contributed by atoms with Crippen LogP contribution in [0.1, 0.15) is 21.6 Å². The smallest absolute Gasteiger partial charge is 0.352 e. The molecule has 2 rings (SSSR count). The van der Waals surface area contributed by atoms with E-state index in [2.05, 4.69) is 11.9 Å². The van der Waals surface area contributed by atoms with Crippen LogP contribution in [0.3, 0.4) is 0 Å². The van der Waals surface area contributed by atoms with E-state index in [0.717, 1.165) is 11.3 Å². The summed E-state index contributed by atoms with van der Waals surface area (Å²) in [5.74, 6) is -0.935. The van der Waals surface area contributed by atoms with Crippen molar-refractivity contribution in [1.82, 2.24) is 4.98 Å². The molecule has 3 nitrogen and oxygen atoms in total. The maximum Gasteiger partial charge on any atom is 0.352 e. The molecule has 0 radical (unpaired) electrons. The summed E-state index contributed by atoms with van der Waals surface area (Å²) in [5.41, 5.74) is 4.49. The second-order valence-corrected chi connectivity index (χ2v) is 3.89. The summed E-state index contributed by atoms with van der Waals surface area (Å²) in [5, 5.41) is 8.81. The van der Waals surface area contributed by atoms with Crippen LogP contribution in [0.2, 0.25) is 0 Å². The third-order valence-electron chi connectivity index (χ3n) is 2.73. The SMILES string of the molecule is Cc1ccc(-c2ccc(C(=O)O)[nH]2)cc1C. The standard InChI is InChI=1S/C13H13NO2/c1-8-3-4-10(7-9(8)2)11-5-6-12(14-11)13(15)16/h3-7,14H,1-2H3,(H,15,16).